The van der Waals surface area contributed by atoms with Crippen molar-refractivity contribution in [2.24, 2.45) is 0 Å². The Morgan fingerprint density at radius 2 is 1.62 bits per heavy atom. The van der Waals surface area contributed by atoms with Gasteiger partial charge in [-0.15, -0.1) is 12.4 Å². The molecule has 32 heavy (non-hydrogen) atoms. The van der Waals surface area contributed by atoms with Crippen LogP contribution in [0.3, 0.4) is 0 Å². The SMILES string of the molecule is Cl.OC(COC(c1ccccc1)c1ccccc1)CN1CCOC(c2cccc(F)c2)C1. The first-order chi connectivity index (χ1) is 15.2. The molecule has 1 heterocycles. The molecule has 4 nitrogen and oxygen atoms in total. The minimum Gasteiger partial charge on any atom is -0.389 e. The first-order valence-corrected chi connectivity index (χ1v) is 10.7. The third-order valence-corrected chi connectivity index (χ3v) is 5.50. The lowest BCUT2D eigenvalue weighted by Gasteiger charge is -2.34. The fraction of sp³-hybridized carbons (Fsp3) is 0.308. The normalized spacial score (nSPS) is 17.7. The molecule has 1 N–H and O–H groups in total. The third kappa shape index (κ3) is 6.61. The number of morpholine rings is 1. The molecule has 0 bridgehead atoms. The van der Waals surface area contributed by atoms with E-state index < -0.39 is 6.10 Å². The highest BCUT2D eigenvalue weighted by Gasteiger charge is 2.25. The number of aliphatic hydroxyl groups excluding tert-OH is 1. The molecule has 1 saturated heterocycles. The summed E-state index contributed by atoms with van der Waals surface area (Å²) in [6, 6.07) is 26.6. The molecule has 0 spiro atoms. The number of hydrogen-bond donors (Lipinski definition) is 1. The van der Waals surface area contributed by atoms with E-state index in [1.54, 1.807) is 6.07 Å². The maximum absolute atomic E-state index is 13.6. The standard InChI is InChI=1S/C26H28FNO3.ClH/c27-23-13-7-12-22(16-23)25-18-28(14-15-30-25)17-24(29)19-31-26(20-8-3-1-4-9-20)21-10-5-2-6-11-21;/h1-13,16,24-26,29H,14-15,17-19H2;1H. The highest BCUT2D eigenvalue weighted by molar-refractivity contribution is 5.85. The fourth-order valence-corrected chi connectivity index (χ4v) is 3.98. The van der Waals surface area contributed by atoms with Crippen molar-refractivity contribution >= 4 is 12.4 Å². The Kier molecular flexibility index (Phi) is 9.21. The van der Waals surface area contributed by atoms with Crippen molar-refractivity contribution in [2.45, 2.75) is 18.3 Å². The van der Waals surface area contributed by atoms with E-state index in [9.17, 15) is 9.50 Å². The summed E-state index contributed by atoms with van der Waals surface area (Å²) in [5, 5.41) is 10.7. The summed E-state index contributed by atoms with van der Waals surface area (Å²) in [4.78, 5) is 2.15. The Bertz CT molecular complexity index is 905. The predicted octanol–water partition coefficient (Wildman–Crippen LogP) is 4.79. The topological polar surface area (TPSA) is 41.9 Å². The van der Waals surface area contributed by atoms with Gasteiger partial charge in [0.2, 0.25) is 0 Å². The van der Waals surface area contributed by atoms with E-state index in [1.165, 1.54) is 12.1 Å². The Hall–Kier alpha value is -2.28. The summed E-state index contributed by atoms with van der Waals surface area (Å²) >= 11 is 0. The second-order valence-electron chi connectivity index (χ2n) is 7.86. The minimum absolute atomic E-state index is 0. The van der Waals surface area contributed by atoms with Crippen LogP contribution in [0.2, 0.25) is 0 Å². The maximum Gasteiger partial charge on any atom is 0.123 e. The molecule has 3 aromatic rings. The van der Waals surface area contributed by atoms with Crippen LogP contribution < -0.4 is 0 Å². The van der Waals surface area contributed by atoms with Crippen LogP contribution in [-0.4, -0.2) is 49.0 Å². The summed E-state index contributed by atoms with van der Waals surface area (Å²) in [7, 11) is 0. The second-order valence-corrected chi connectivity index (χ2v) is 7.86. The molecule has 0 aromatic heterocycles. The average Bonchev–Trinajstić information content (AvgIpc) is 2.81. The first-order valence-electron chi connectivity index (χ1n) is 10.7. The van der Waals surface area contributed by atoms with E-state index >= 15 is 0 Å². The molecule has 0 amide bonds. The Morgan fingerprint density at radius 3 is 2.25 bits per heavy atom. The molecule has 4 rings (SSSR count). The van der Waals surface area contributed by atoms with Gasteiger partial charge < -0.3 is 14.6 Å². The van der Waals surface area contributed by atoms with Gasteiger partial charge in [-0.3, -0.25) is 4.90 Å². The van der Waals surface area contributed by atoms with Gasteiger partial charge in [0.1, 0.15) is 11.9 Å². The van der Waals surface area contributed by atoms with Crippen LogP contribution in [0.5, 0.6) is 0 Å². The lowest BCUT2D eigenvalue weighted by Crippen LogP contribution is -2.43. The predicted molar refractivity (Wildman–Crippen MR) is 125 cm³/mol. The van der Waals surface area contributed by atoms with Crippen LogP contribution in [0.25, 0.3) is 0 Å². The Balaban J connectivity index is 0.00000289. The lowest BCUT2D eigenvalue weighted by molar-refractivity contribution is -0.0575. The van der Waals surface area contributed by atoms with E-state index in [1.807, 2.05) is 66.7 Å². The molecule has 1 fully saturated rings. The largest absolute Gasteiger partial charge is 0.389 e. The number of benzene rings is 3. The van der Waals surface area contributed by atoms with Crippen LogP contribution >= 0.6 is 12.4 Å². The zero-order valence-corrected chi connectivity index (χ0v) is 18.7. The van der Waals surface area contributed by atoms with E-state index in [4.69, 9.17) is 9.47 Å². The van der Waals surface area contributed by atoms with Crippen molar-refractivity contribution in [1.82, 2.24) is 4.90 Å². The number of rotatable bonds is 8. The van der Waals surface area contributed by atoms with Gasteiger partial charge in [0.05, 0.1) is 25.4 Å². The van der Waals surface area contributed by atoms with Crippen LogP contribution in [0.4, 0.5) is 4.39 Å². The van der Waals surface area contributed by atoms with Crippen molar-refractivity contribution in [3.63, 3.8) is 0 Å². The molecular weight excluding hydrogens is 429 g/mol. The number of β-amino-alcohol motifs (C(OH)–C–C–N with tert-alkyl or cyclic N) is 1. The molecule has 0 saturated carbocycles. The molecule has 6 heteroatoms. The summed E-state index contributed by atoms with van der Waals surface area (Å²) in [6.45, 7) is 2.58. The number of halogens is 2. The van der Waals surface area contributed by atoms with Crippen LogP contribution in [0, 0.1) is 5.82 Å². The van der Waals surface area contributed by atoms with Gasteiger partial charge in [0, 0.05) is 19.6 Å². The molecule has 2 atom stereocenters. The molecule has 170 valence electrons. The van der Waals surface area contributed by atoms with E-state index in [-0.39, 0.29) is 37.0 Å². The summed E-state index contributed by atoms with van der Waals surface area (Å²) in [6.07, 6.45) is -1.07. The Morgan fingerprint density at radius 1 is 0.969 bits per heavy atom. The molecule has 1 aliphatic heterocycles. The summed E-state index contributed by atoms with van der Waals surface area (Å²) < 4.78 is 25.6. The minimum atomic E-state index is -0.638. The van der Waals surface area contributed by atoms with Crippen molar-refractivity contribution < 1.29 is 19.0 Å². The highest BCUT2D eigenvalue weighted by Crippen LogP contribution is 2.26. The van der Waals surface area contributed by atoms with Gasteiger partial charge in [0.25, 0.3) is 0 Å². The zero-order chi connectivity index (χ0) is 21.5. The lowest BCUT2D eigenvalue weighted by atomic mass is 10.0. The van der Waals surface area contributed by atoms with Gasteiger partial charge in [-0.1, -0.05) is 72.8 Å². The van der Waals surface area contributed by atoms with Gasteiger partial charge in [-0.05, 0) is 28.8 Å². The number of ether oxygens (including phenoxy) is 2. The molecule has 3 aromatic carbocycles. The summed E-state index contributed by atoms with van der Waals surface area (Å²) in [5.74, 6) is -0.264. The maximum atomic E-state index is 13.6. The average molecular weight is 458 g/mol. The van der Waals surface area contributed by atoms with E-state index in [0.29, 0.717) is 19.7 Å². The van der Waals surface area contributed by atoms with Crippen LogP contribution in [0.1, 0.15) is 28.9 Å². The molecule has 1 aliphatic rings. The smallest absolute Gasteiger partial charge is 0.123 e. The van der Waals surface area contributed by atoms with Gasteiger partial charge >= 0.3 is 0 Å². The number of nitrogens with zero attached hydrogens (tertiary/aromatic N) is 1. The second kappa shape index (κ2) is 12.1. The van der Waals surface area contributed by atoms with Crippen molar-refractivity contribution in [3.8, 4) is 0 Å². The first kappa shape index (κ1) is 24.4. The zero-order valence-electron chi connectivity index (χ0n) is 17.8. The van der Waals surface area contributed by atoms with Crippen LogP contribution in [-0.2, 0) is 9.47 Å². The number of aliphatic hydroxyl groups is 1. The van der Waals surface area contributed by atoms with Crippen molar-refractivity contribution in [1.29, 1.82) is 0 Å². The van der Waals surface area contributed by atoms with Gasteiger partial charge in [-0.25, -0.2) is 4.39 Å². The monoisotopic (exact) mass is 457 g/mol. The van der Waals surface area contributed by atoms with E-state index in [0.717, 1.165) is 23.2 Å². The van der Waals surface area contributed by atoms with Crippen LogP contribution in [0.15, 0.2) is 84.9 Å². The van der Waals surface area contributed by atoms with E-state index in [2.05, 4.69) is 4.90 Å². The Labute approximate surface area is 195 Å². The number of hydrogen-bond acceptors (Lipinski definition) is 4. The molecule has 0 aliphatic carbocycles. The molecular formula is C26H29ClFNO3. The van der Waals surface area contributed by atoms with Gasteiger partial charge in [-0.2, -0.15) is 0 Å². The summed E-state index contributed by atoms with van der Waals surface area (Å²) in [5.41, 5.74) is 2.93. The highest BCUT2D eigenvalue weighted by atomic mass is 35.5. The van der Waals surface area contributed by atoms with Crippen molar-refractivity contribution in [3.05, 3.63) is 107 Å². The van der Waals surface area contributed by atoms with Crippen molar-refractivity contribution in [2.75, 3.05) is 32.8 Å². The molecule has 2 unspecified atom stereocenters. The molecule has 0 radical (unpaired) electrons. The van der Waals surface area contributed by atoms with Gasteiger partial charge in [0.15, 0.2) is 0 Å². The fourth-order valence-electron chi connectivity index (χ4n) is 3.98. The third-order valence-electron chi connectivity index (χ3n) is 5.50. The quantitative estimate of drug-likeness (QED) is 0.528.